The van der Waals surface area contributed by atoms with Gasteiger partial charge in [0, 0.05) is 39.8 Å². The minimum atomic E-state index is -1.25. The number of alkyl carbamates (subject to hydrolysis) is 1. The van der Waals surface area contributed by atoms with Crippen LogP contribution in [0.3, 0.4) is 0 Å². The molecule has 0 unspecified atom stereocenters. The quantitative estimate of drug-likeness (QED) is 0.435. The largest absolute Gasteiger partial charge is 0.508 e. The number of fused-ring (bicyclic) bond motifs is 1. The van der Waals surface area contributed by atoms with Gasteiger partial charge in [-0.15, -0.1) is 11.3 Å². The minimum absolute atomic E-state index is 0.0219. The summed E-state index contributed by atoms with van der Waals surface area (Å²) in [6.07, 6.45) is -0.844. The standard InChI is InChI=1S/C23H29N3O7S2/c1-11-8-35-20(24-11)15-10-34-9-13-17(28)6-16(27)12(2)18(13)21(30)32-7-14(19(29)25-15)26-22(31)33-23(3,4)5/h6,8,14-15,27-28H,7,9-10H2,1-5H3,(H,25,29)(H,26,31)/t14-,15+/m0/s1. The highest BCUT2D eigenvalue weighted by atomic mass is 32.2. The zero-order valence-corrected chi connectivity index (χ0v) is 21.8. The molecule has 0 fully saturated rings. The van der Waals surface area contributed by atoms with Gasteiger partial charge >= 0.3 is 12.1 Å². The van der Waals surface area contributed by atoms with E-state index in [1.165, 1.54) is 36.1 Å². The predicted octanol–water partition coefficient (Wildman–Crippen LogP) is 3.33. The summed E-state index contributed by atoms with van der Waals surface area (Å²) in [6.45, 7) is 7.95. The molecule has 0 spiro atoms. The number of esters is 1. The summed E-state index contributed by atoms with van der Waals surface area (Å²) in [6, 6.07) is -0.561. The number of hydrogen-bond donors (Lipinski definition) is 4. The maximum absolute atomic E-state index is 13.2. The van der Waals surface area contributed by atoms with E-state index in [9.17, 15) is 24.6 Å². The van der Waals surface area contributed by atoms with Crippen molar-refractivity contribution >= 4 is 41.1 Å². The van der Waals surface area contributed by atoms with Gasteiger partial charge in [-0.3, -0.25) is 4.79 Å². The lowest BCUT2D eigenvalue weighted by Gasteiger charge is -2.26. The van der Waals surface area contributed by atoms with Gasteiger partial charge in [0.1, 0.15) is 34.8 Å². The van der Waals surface area contributed by atoms with Crippen LogP contribution in [-0.4, -0.2) is 57.2 Å². The number of phenolic OH excluding ortho intramolecular Hbond substituents is 2. The second kappa shape index (κ2) is 10.7. The van der Waals surface area contributed by atoms with E-state index in [1.54, 1.807) is 20.8 Å². The Labute approximate surface area is 211 Å². The number of nitrogens with one attached hydrogen (secondary N) is 2. The van der Waals surface area contributed by atoms with Crippen LogP contribution in [0.2, 0.25) is 0 Å². The maximum atomic E-state index is 13.2. The predicted molar refractivity (Wildman–Crippen MR) is 132 cm³/mol. The number of ether oxygens (including phenoxy) is 2. The van der Waals surface area contributed by atoms with Gasteiger partial charge in [0.25, 0.3) is 0 Å². The number of phenols is 2. The molecule has 190 valence electrons. The fourth-order valence-corrected chi connectivity index (χ4v) is 5.40. The monoisotopic (exact) mass is 523 g/mol. The van der Waals surface area contributed by atoms with Crippen molar-refractivity contribution in [3.8, 4) is 11.5 Å². The van der Waals surface area contributed by atoms with Gasteiger partial charge < -0.3 is 30.3 Å². The fraction of sp³-hybridized carbons (Fsp3) is 0.478. The van der Waals surface area contributed by atoms with Gasteiger partial charge in [-0.05, 0) is 34.6 Å². The maximum Gasteiger partial charge on any atom is 0.408 e. The van der Waals surface area contributed by atoms with E-state index in [4.69, 9.17) is 9.47 Å². The molecule has 2 aromatic rings. The first-order chi connectivity index (χ1) is 16.4. The number of amides is 2. The van der Waals surface area contributed by atoms with E-state index in [1.807, 2.05) is 12.3 Å². The van der Waals surface area contributed by atoms with Crippen LogP contribution in [0.15, 0.2) is 11.4 Å². The number of rotatable bonds is 2. The van der Waals surface area contributed by atoms with Crippen molar-refractivity contribution in [1.29, 1.82) is 0 Å². The first-order valence-electron chi connectivity index (χ1n) is 10.9. The van der Waals surface area contributed by atoms with Crippen molar-refractivity contribution in [2.45, 2.75) is 58.1 Å². The van der Waals surface area contributed by atoms with Crippen molar-refractivity contribution in [3.63, 3.8) is 0 Å². The van der Waals surface area contributed by atoms with Crippen LogP contribution in [0, 0.1) is 13.8 Å². The first-order valence-corrected chi connectivity index (χ1v) is 12.9. The Hall–Kier alpha value is -2.99. The highest BCUT2D eigenvalue weighted by molar-refractivity contribution is 7.98. The van der Waals surface area contributed by atoms with Gasteiger partial charge in [-0.2, -0.15) is 11.8 Å². The number of hydrogen-bond acceptors (Lipinski definition) is 10. The molecule has 2 amide bonds. The van der Waals surface area contributed by atoms with E-state index in [0.717, 1.165) is 5.69 Å². The van der Waals surface area contributed by atoms with E-state index in [0.29, 0.717) is 16.3 Å². The number of aromatic hydroxyl groups is 2. The highest BCUT2D eigenvalue weighted by Crippen LogP contribution is 2.36. The van der Waals surface area contributed by atoms with Crippen LogP contribution in [0.5, 0.6) is 11.5 Å². The zero-order chi connectivity index (χ0) is 25.9. The van der Waals surface area contributed by atoms with Crippen LogP contribution in [-0.2, 0) is 20.0 Å². The van der Waals surface area contributed by atoms with E-state index < -0.39 is 42.3 Å². The van der Waals surface area contributed by atoms with Crippen molar-refractivity contribution in [2.24, 2.45) is 0 Å². The molecular weight excluding hydrogens is 494 g/mol. The molecule has 12 heteroatoms. The van der Waals surface area contributed by atoms with Crippen LogP contribution < -0.4 is 10.6 Å². The number of cyclic esters (lactones) is 1. The second-order valence-electron chi connectivity index (χ2n) is 9.09. The third kappa shape index (κ3) is 6.79. The molecule has 3 rings (SSSR count). The smallest absolute Gasteiger partial charge is 0.408 e. The van der Waals surface area contributed by atoms with Crippen LogP contribution in [0.25, 0.3) is 0 Å². The molecule has 1 aromatic carbocycles. The lowest BCUT2D eigenvalue weighted by molar-refractivity contribution is -0.124. The summed E-state index contributed by atoms with van der Waals surface area (Å²) in [4.78, 5) is 43.0. The summed E-state index contributed by atoms with van der Waals surface area (Å²) in [5, 5.41) is 28.5. The number of carbonyl (C=O) groups is 3. The molecule has 0 radical (unpaired) electrons. The van der Waals surface area contributed by atoms with Crippen molar-refractivity contribution in [1.82, 2.24) is 15.6 Å². The molecule has 2 heterocycles. The Morgan fingerprint density at radius 1 is 1.26 bits per heavy atom. The van der Waals surface area contributed by atoms with Gasteiger partial charge in [0.05, 0.1) is 11.6 Å². The molecule has 1 aliphatic heterocycles. The highest BCUT2D eigenvalue weighted by Gasteiger charge is 2.31. The first kappa shape index (κ1) is 26.6. The number of thioether (sulfide) groups is 1. The second-order valence-corrected chi connectivity index (χ2v) is 11.0. The number of aryl methyl sites for hydroxylation is 1. The lowest BCUT2D eigenvalue weighted by Crippen LogP contribution is -2.51. The lowest BCUT2D eigenvalue weighted by atomic mass is 10.0. The van der Waals surface area contributed by atoms with E-state index >= 15 is 0 Å². The molecule has 0 bridgehead atoms. The molecule has 1 aliphatic rings. The number of aromatic nitrogens is 1. The number of nitrogens with zero attached hydrogens (tertiary/aromatic N) is 1. The normalized spacial score (nSPS) is 19.5. The molecule has 10 nitrogen and oxygen atoms in total. The number of thiazole rings is 1. The van der Waals surface area contributed by atoms with Crippen LogP contribution >= 0.6 is 23.1 Å². The molecule has 35 heavy (non-hydrogen) atoms. The Morgan fingerprint density at radius 3 is 2.60 bits per heavy atom. The zero-order valence-electron chi connectivity index (χ0n) is 20.1. The summed E-state index contributed by atoms with van der Waals surface area (Å²) in [7, 11) is 0. The Morgan fingerprint density at radius 2 is 1.97 bits per heavy atom. The molecular formula is C23H29N3O7S2. The van der Waals surface area contributed by atoms with Gasteiger partial charge in [0.15, 0.2) is 0 Å². The van der Waals surface area contributed by atoms with Crippen molar-refractivity contribution < 1.29 is 34.1 Å². The molecule has 0 saturated heterocycles. The van der Waals surface area contributed by atoms with Gasteiger partial charge in [-0.25, -0.2) is 14.6 Å². The molecule has 2 atom stereocenters. The van der Waals surface area contributed by atoms with Crippen molar-refractivity contribution in [2.75, 3.05) is 12.4 Å². The molecule has 0 aliphatic carbocycles. The molecule has 1 aromatic heterocycles. The average molecular weight is 524 g/mol. The van der Waals surface area contributed by atoms with Gasteiger partial charge in [-0.1, -0.05) is 0 Å². The topological polar surface area (TPSA) is 147 Å². The number of carbonyl (C=O) groups excluding carboxylic acids is 3. The third-order valence-corrected chi connectivity index (χ3v) is 7.16. The summed E-state index contributed by atoms with van der Waals surface area (Å²) in [5.74, 6) is -1.29. The summed E-state index contributed by atoms with van der Waals surface area (Å²) >= 11 is 2.76. The van der Waals surface area contributed by atoms with E-state index in [2.05, 4.69) is 15.6 Å². The third-order valence-electron chi connectivity index (χ3n) is 5.02. The summed E-state index contributed by atoms with van der Waals surface area (Å²) < 4.78 is 10.6. The van der Waals surface area contributed by atoms with Crippen LogP contribution in [0.4, 0.5) is 4.79 Å². The molecule has 4 N–H and O–H groups in total. The Balaban J connectivity index is 1.97. The summed E-state index contributed by atoms with van der Waals surface area (Å²) in [5.41, 5.74) is 0.586. The molecule has 0 saturated carbocycles. The fourth-order valence-electron chi connectivity index (χ4n) is 3.35. The SMILES string of the molecule is Cc1csc([C@H]2CSCc3c(O)cc(O)c(C)c3C(=O)OC[C@H](NC(=O)OC(C)(C)C)C(=O)N2)n1. The van der Waals surface area contributed by atoms with Crippen molar-refractivity contribution in [3.05, 3.63) is 38.8 Å². The van der Waals surface area contributed by atoms with E-state index in [-0.39, 0.29) is 28.4 Å². The Kier molecular flexibility index (Phi) is 8.16. The Bertz CT molecular complexity index is 1130. The minimum Gasteiger partial charge on any atom is -0.508 e. The number of benzene rings is 1. The van der Waals surface area contributed by atoms with Crippen LogP contribution in [0.1, 0.15) is 59.0 Å². The average Bonchev–Trinajstić information content (AvgIpc) is 3.17. The van der Waals surface area contributed by atoms with Gasteiger partial charge in [0.2, 0.25) is 5.91 Å².